The summed E-state index contributed by atoms with van der Waals surface area (Å²) in [4.78, 5) is 0. The highest BCUT2D eigenvalue weighted by molar-refractivity contribution is 9.10. The summed E-state index contributed by atoms with van der Waals surface area (Å²) in [5.41, 5.74) is 2.34. The molecule has 0 spiro atoms. The van der Waals surface area contributed by atoms with Gasteiger partial charge in [-0.15, -0.1) is 0 Å². The summed E-state index contributed by atoms with van der Waals surface area (Å²) in [5.74, 6) is 0. The van der Waals surface area contributed by atoms with E-state index < -0.39 is 0 Å². The Morgan fingerprint density at radius 2 is 2.24 bits per heavy atom. The highest BCUT2D eigenvalue weighted by Gasteiger charge is 2.41. The van der Waals surface area contributed by atoms with Crippen LogP contribution in [0.2, 0.25) is 0 Å². The Balaban J connectivity index is 1.94. The average Bonchev–Trinajstić information content (AvgIpc) is 3.06. The fourth-order valence-electron chi connectivity index (χ4n) is 2.04. The van der Waals surface area contributed by atoms with Crippen molar-refractivity contribution in [2.24, 2.45) is 0 Å². The van der Waals surface area contributed by atoms with Crippen molar-refractivity contribution in [3.63, 3.8) is 0 Å². The van der Waals surface area contributed by atoms with Crippen LogP contribution in [0.1, 0.15) is 31.2 Å². The Morgan fingerprint density at radius 1 is 1.53 bits per heavy atom. The molecule has 96 valence electrons. The normalized spacial score (nSPS) is 17.4. The van der Waals surface area contributed by atoms with Gasteiger partial charge in [0.1, 0.15) is 0 Å². The Morgan fingerprint density at radius 3 is 2.76 bits per heavy atom. The Kier molecular flexibility index (Phi) is 4.21. The maximum absolute atomic E-state index is 4.50. The van der Waals surface area contributed by atoms with Crippen LogP contribution < -0.4 is 5.32 Å². The zero-order chi connectivity index (χ0) is 12.5. The van der Waals surface area contributed by atoms with Crippen molar-refractivity contribution in [2.75, 3.05) is 12.8 Å². The molecule has 3 nitrogen and oxygen atoms in total. The molecule has 1 aromatic rings. The topological polar surface area (TPSA) is 29.9 Å². The van der Waals surface area contributed by atoms with Crippen molar-refractivity contribution in [2.45, 2.75) is 44.5 Å². The number of aryl methyl sites for hydroxylation is 2. The van der Waals surface area contributed by atoms with Crippen LogP contribution in [0.3, 0.4) is 0 Å². The maximum atomic E-state index is 4.50. The molecule has 0 amide bonds. The van der Waals surface area contributed by atoms with E-state index >= 15 is 0 Å². The largest absolute Gasteiger partial charge is 0.310 e. The second-order valence-corrected chi connectivity index (χ2v) is 6.72. The summed E-state index contributed by atoms with van der Waals surface area (Å²) in [6.45, 7) is 7.11. The van der Waals surface area contributed by atoms with Gasteiger partial charge in [0, 0.05) is 24.4 Å². The quantitative estimate of drug-likeness (QED) is 0.874. The fourth-order valence-corrected chi connectivity index (χ4v) is 3.22. The lowest BCUT2D eigenvalue weighted by molar-refractivity contribution is 0.573. The van der Waals surface area contributed by atoms with Gasteiger partial charge in [-0.1, -0.05) is 0 Å². The van der Waals surface area contributed by atoms with Crippen molar-refractivity contribution in [3.05, 3.63) is 15.9 Å². The molecule has 5 heteroatoms. The monoisotopic (exact) mass is 317 g/mol. The van der Waals surface area contributed by atoms with Crippen molar-refractivity contribution in [1.82, 2.24) is 15.1 Å². The average molecular weight is 318 g/mol. The van der Waals surface area contributed by atoms with Crippen LogP contribution in [0.25, 0.3) is 0 Å². The lowest BCUT2D eigenvalue weighted by Crippen LogP contribution is -2.26. The van der Waals surface area contributed by atoms with Crippen molar-refractivity contribution in [3.8, 4) is 0 Å². The van der Waals surface area contributed by atoms with E-state index in [-0.39, 0.29) is 0 Å². The van der Waals surface area contributed by atoms with Crippen LogP contribution >= 0.6 is 27.7 Å². The van der Waals surface area contributed by atoms with E-state index in [1.54, 1.807) is 0 Å². The minimum absolute atomic E-state index is 0.526. The molecular formula is C12H20BrN3S. The number of thioether (sulfide) groups is 1. The van der Waals surface area contributed by atoms with Gasteiger partial charge in [0.05, 0.1) is 15.9 Å². The standard InChI is InChI=1S/C12H20BrN3S/c1-4-16-10(11(13)9(2)15-16)7-14-8-12(17-3)5-6-12/h14H,4-8H2,1-3H3. The SMILES string of the molecule is CCn1nc(C)c(Br)c1CNCC1(SC)CC1. The van der Waals surface area contributed by atoms with E-state index in [0.29, 0.717) is 4.75 Å². The maximum Gasteiger partial charge on any atom is 0.0739 e. The van der Waals surface area contributed by atoms with Gasteiger partial charge in [-0.3, -0.25) is 4.68 Å². The molecule has 0 radical (unpaired) electrons. The molecule has 0 aliphatic heterocycles. The summed E-state index contributed by atoms with van der Waals surface area (Å²) in [6, 6.07) is 0. The molecular weight excluding hydrogens is 298 g/mol. The molecule has 1 aliphatic rings. The first-order valence-corrected chi connectivity index (χ1v) is 8.11. The van der Waals surface area contributed by atoms with Gasteiger partial charge in [-0.05, 0) is 48.9 Å². The van der Waals surface area contributed by atoms with E-state index in [2.05, 4.69) is 44.2 Å². The molecule has 1 aliphatic carbocycles. The minimum Gasteiger partial charge on any atom is -0.310 e. The summed E-state index contributed by atoms with van der Waals surface area (Å²) >= 11 is 5.62. The van der Waals surface area contributed by atoms with E-state index in [4.69, 9.17) is 0 Å². The van der Waals surface area contributed by atoms with Gasteiger partial charge in [0.15, 0.2) is 0 Å². The number of halogens is 1. The molecule has 1 N–H and O–H groups in total. The smallest absolute Gasteiger partial charge is 0.0739 e. The highest BCUT2D eigenvalue weighted by Crippen LogP contribution is 2.46. The Labute approximate surface area is 116 Å². The third kappa shape index (κ3) is 2.88. The lowest BCUT2D eigenvalue weighted by atomic mass is 10.3. The molecule has 1 heterocycles. The van der Waals surface area contributed by atoms with Crippen LogP contribution in [0, 0.1) is 6.92 Å². The summed E-state index contributed by atoms with van der Waals surface area (Å²) in [6.07, 6.45) is 4.92. The van der Waals surface area contributed by atoms with Gasteiger partial charge in [-0.2, -0.15) is 16.9 Å². The molecule has 1 aromatic heterocycles. The third-order valence-electron chi connectivity index (χ3n) is 3.43. The second kappa shape index (κ2) is 5.33. The first kappa shape index (κ1) is 13.4. The van der Waals surface area contributed by atoms with Crippen LogP contribution in [0.15, 0.2) is 4.47 Å². The molecule has 17 heavy (non-hydrogen) atoms. The number of rotatable bonds is 6. The highest BCUT2D eigenvalue weighted by atomic mass is 79.9. The van der Waals surface area contributed by atoms with Crippen molar-refractivity contribution >= 4 is 27.7 Å². The number of hydrogen-bond acceptors (Lipinski definition) is 3. The van der Waals surface area contributed by atoms with Crippen LogP contribution in [-0.4, -0.2) is 27.3 Å². The van der Waals surface area contributed by atoms with Gasteiger partial charge in [0.2, 0.25) is 0 Å². The molecule has 0 aromatic carbocycles. The van der Waals surface area contributed by atoms with Gasteiger partial charge in [-0.25, -0.2) is 0 Å². The Hall–Kier alpha value is -0.0000000000000000555. The summed E-state index contributed by atoms with van der Waals surface area (Å²) < 4.78 is 3.75. The van der Waals surface area contributed by atoms with E-state index in [1.807, 2.05) is 18.7 Å². The van der Waals surface area contributed by atoms with Gasteiger partial charge < -0.3 is 5.32 Å². The van der Waals surface area contributed by atoms with Gasteiger partial charge in [0.25, 0.3) is 0 Å². The van der Waals surface area contributed by atoms with Gasteiger partial charge >= 0.3 is 0 Å². The van der Waals surface area contributed by atoms with E-state index in [1.165, 1.54) is 18.5 Å². The molecule has 1 saturated carbocycles. The number of nitrogens with one attached hydrogen (secondary N) is 1. The number of nitrogens with zero attached hydrogens (tertiary/aromatic N) is 2. The molecule has 0 unspecified atom stereocenters. The number of aromatic nitrogens is 2. The van der Waals surface area contributed by atoms with Crippen LogP contribution in [0.5, 0.6) is 0 Å². The molecule has 0 bridgehead atoms. The van der Waals surface area contributed by atoms with Crippen molar-refractivity contribution in [1.29, 1.82) is 0 Å². The predicted molar refractivity (Wildman–Crippen MR) is 77.5 cm³/mol. The Bertz CT molecular complexity index is 399. The van der Waals surface area contributed by atoms with Crippen LogP contribution in [-0.2, 0) is 13.1 Å². The molecule has 0 saturated heterocycles. The number of hydrogen-bond donors (Lipinski definition) is 1. The zero-order valence-corrected chi connectivity index (χ0v) is 13.1. The van der Waals surface area contributed by atoms with Crippen LogP contribution in [0.4, 0.5) is 0 Å². The minimum atomic E-state index is 0.526. The fraction of sp³-hybridized carbons (Fsp3) is 0.750. The van der Waals surface area contributed by atoms with E-state index in [9.17, 15) is 0 Å². The zero-order valence-electron chi connectivity index (χ0n) is 10.7. The second-order valence-electron chi connectivity index (χ2n) is 4.65. The first-order valence-electron chi connectivity index (χ1n) is 6.09. The summed E-state index contributed by atoms with van der Waals surface area (Å²) in [7, 11) is 0. The molecule has 2 rings (SSSR count). The van der Waals surface area contributed by atoms with E-state index in [0.717, 1.165) is 29.8 Å². The van der Waals surface area contributed by atoms with Crippen molar-refractivity contribution < 1.29 is 0 Å². The predicted octanol–water partition coefficient (Wildman–Crippen LogP) is 2.96. The molecule has 0 atom stereocenters. The third-order valence-corrected chi connectivity index (χ3v) is 5.88. The first-order chi connectivity index (χ1) is 8.12. The summed E-state index contributed by atoms with van der Waals surface area (Å²) in [5, 5.41) is 8.08. The molecule has 1 fully saturated rings. The lowest BCUT2D eigenvalue weighted by Gasteiger charge is -2.13.